The average Bonchev–Trinajstić information content (AvgIpc) is 2.93. The summed E-state index contributed by atoms with van der Waals surface area (Å²) >= 11 is 0. The zero-order valence-electron chi connectivity index (χ0n) is 12.3. The van der Waals surface area contributed by atoms with Crippen LogP contribution >= 0.6 is 0 Å². The molecule has 6 heteroatoms. The van der Waals surface area contributed by atoms with E-state index in [4.69, 9.17) is 9.47 Å². The van der Waals surface area contributed by atoms with Gasteiger partial charge in [-0.25, -0.2) is 9.67 Å². The van der Waals surface area contributed by atoms with Crippen LogP contribution in [0.1, 0.15) is 25.7 Å². The molecule has 0 saturated heterocycles. The van der Waals surface area contributed by atoms with Crippen molar-refractivity contribution in [2.75, 3.05) is 19.5 Å². The lowest BCUT2D eigenvalue weighted by Crippen LogP contribution is -2.12. The molecule has 0 aliphatic rings. The molecule has 108 valence electrons. The molecule has 0 saturated carbocycles. The summed E-state index contributed by atoms with van der Waals surface area (Å²) < 4.78 is 12.4. The second-order valence-electron chi connectivity index (χ2n) is 4.64. The molecular weight excluding hydrogens is 256 g/mol. The van der Waals surface area contributed by atoms with E-state index in [0.29, 0.717) is 24.1 Å². The Labute approximate surface area is 118 Å². The molecule has 0 spiro atoms. The summed E-state index contributed by atoms with van der Waals surface area (Å²) in [5.74, 6) is 2.31. The predicted octanol–water partition coefficient (Wildman–Crippen LogP) is 2.49. The van der Waals surface area contributed by atoms with Crippen LogP contribution in [-0.2, 0) is 6.54 Å². The highest BCUT2D eigenvalue weighted by atomic mass is 16.5. The first kappa shape index (κ1) is 14.2. The first-order valence-corrected chi connectivity index (χ1v) is 6.50. The molecule has 2 rings (SSSR count). The lowest BCUT2D eigenvalue weighted by Gasteiger charge is -2.12. The molecule has 1 N–H and O–H groups in total. The Morgan fingerprint density at radius 2 is 1.95 bits per heavy atom. The number of benzene rings is 1. The highest BCUT2D eigenvalue weighted by molar-refractivity contribution is 5.54. The molecule has 0 amide bonds. The molecule has 0 aliphatic carbocycles. The smallest absolute Gasteiger partial charge is 0.162 e. The van der Waals surface area contributed by atoms with Crippen molar-refractivity contribution in [2.45, 2.75) is 26.4 Å². The lowest BCUT2D eigenvalue weighted by molar-refractivity contribution is 0.355. The maximum atomic E-state index is 5.28. The van der Waals surface area contributed by atoms with Crippen molar-refractivity contribution >= 4 is 5.69 Å². The lowest BCUT2D eigenvalue weighted by atomic mass is 10.2. The number of hydrogen-bond acceptors (Lipinski definition) is 5. The number of hydrogen-bond donors (Lipinski definition) is 1. The van der Waals surface area contributed by atoms with Gasteiger partial charge in [-0.05, 0) is 26.0 Å². The summed E-state index contributed by atoms with van der Waals surface area (Å²) in [7, 11) is 3.24. The first-order chi connectivity index (χ1) is 9.65. The van der Waals surface area contributed by atoms with Crippen LogP contribution in [-0.4, -0.2) is 29.0 Å². The Balaban J connectivity index is 2.09. The molecule has 0 fully saturated rings. The second-order valence-corrected chi connectivity index (χ2v) is 4.64. The van der Waals surface area contributed by atoms with E-state index >= 15 is 0 Å². The standard InChI is InChI=1S/C14H20N4O2/c1-10(2)18-14(16-9-17-18)8-15-11-5-6-12(19-3)13(7-11)20-4/h5-7,9-10,15H,8H2,1-4H3. The van der Waals surface area contributed by atoms with Gasteiger partial charge in [0, 0.05) is 17.8 Å². The van der Waals surface area contributed by atoms with E-state index in [1.54, 1.807) is 20.5 Å². The van der Waals surface area contributed by atoms with E-state index in [2.05, 4.69) is 29.2 Å². The topological polar surface area (TPSA) is 61.2 Å². The van der Waals surface area contributed by atoms with E-state index < -0.39 is 0 Å². The van der Waals surface area contributed by atoms with Crippen molar-refractivity contribution in [2.24, 2.45) is 0 Å². The van der Waals surface area contributed by atoms with Gasteiger partial charge in [-0.3, -0.25) is 0 Å². The Morgan fingerprint density at radius 1 is 1.20 bits per heavy atom. The summed E-state index contributed by atoms with van der Waals surface area (Å²) in [5, 5.41) is 7.52. The van der Waals surface area contributed by atoms with Gasteiger partial charge >= 0.3 is 0 Å². The van der Waals surface area contributed by atoms with Crippen LogP contribution in [0, 0.1) is 0 Å². The Morgan fingerprint density at radius 3 is 2.60 bits per heavy atom. The minimum atomic E-state index is 0.291. The maximum absolute atomic E-state index is 5.28. The molecule has 1 aromatic heterocycles. The van der Waals surface area contributed by atoms with E-state index in [-0.39, 0.29) is 0 Å². The van der Waals surface area contributed by atoms with Crippen molar-refractivity contribution in [1.29, 1.82) is 0 Å². The molecule has 0 aliphatic heterocycles. The third kappa shape index (κ3) is 3.01. The van der Waals surface area contributed by atoms with Crippen LogP contribution in [0.3, 0.4) is 0 Å². The number of aromatic nitrogens is 3. The first-order valence-electron chi connectivity index (χ1n) is 6.50. The quantitative estimate of drug-likeness (QED) is 0.878. The van der Waals surface area contributed by atoms with Crippen molar-refractivity contribution in [1.82, 2.24) is 14.8 Å². The zero-order valence-corrected chi connectivity index (χ0v) is 12.3. The zero-order chi connectivity index (χ0) is 14.5. The van der Waals surface area contributed by atoms with Gasteiger partial charge in [-0.2, -0.15) is 5.10 Å². The Hall–Kier alpha value is -2.24. The molecule has 0 unspecified atom stereocenters. The fraction of sp³-hybridized carbons (Fsp3) is 0.429. The van der Waals surface area contributed by atoms with Gasteiger partial charge in [-0.1, -0.05) is 0 Å². The van der Waals surface area contributed by atoms with Gasteiger partial charge < -0.3 is 14.8 Å². The maximum Gasteiger partial charge on any atom is 0.162 e. The minimum Gasteiger partial charge on any atom is -0.493 e. The number of nitrogens with one attached hydrogen (secondary N) is 1. The number of nitrogens with zero attached hydrogens (tertiary/aromatic N) is 3. The van der Waals surface area contributed by atoms with Crippen LogP contribution in [0.5, 0.6) is 11.5 Å². The highest BCUT2D eigenvalue weighted by Gasteiger charge is 2.08. The van der Waals surface area contributed by atoms with E-state index in [1.165, 1.54) is 0 Å². The van der Waals surface area contributed by atoms with Gasteiger partial charge in [0.05, 0.1) is 20.8 Å². The normalized spacial score (nSPS) is 10.7. The highest BCUT2D eigenvalue weighted by Crippen LogP contribution is 2.29. The molecule has 2 aromatic rings. The van der Waals surface area contributed by atoms with Crippen molar-refractivity contribution in [3.8, 4) is 11.5 Å². The number of rotatable bonds is 6. The van der Waals surface area contributed by atoms with Gasteiger partial charge in [0.2, 0.25) is 0 Å². The van der Waals surface area contributed by atoms with Crippen molar-refractivity contribution in [3.05, 3.63) is 30.4 Å². The van der Waals surface area contributed by atoms with E-state index in [0.717, 1.165) is 11.5 Å². The van der Waals surface area contributed by atoms with Gasteiger partial charge in [0.1, 0.15) is 12.2 Å². The van der Waals surface area contributed by atoms with Gasteiger partial charge in [0.25, 0.3) is 0 Å². The molecule has 0 bridgehead atoms. The minimum absolute atomic E-state index is 0.291. The van der Waals surface area contributed by atoms with E-state index in [1.807, 2.05) is 22.9 Å². The number of methoxy groups -OCH3 is 2. The SMILES string of the molecule is COc1ccc(NCc2ncnn2C(C)C)cc1OC. The largest absolute Gasteiger partial charge is 0.493 e. The molecule has 0 atom stereocenters. The number of anilines is 1. The molecule has 20 heavy (non-hydrogen) atoms. The predicted molar refractivity (Wildman–Crippen MR) is 77.3 cm³/mol. The second kappa shape index (κ2) is 6.27. The van der Waals surface area contributed by atoms with Crippen molar-refractivity contribution in [3.63, 3.8) is 0 Å². The van der Waals surface area contributed by atoms with Crippen LogP contribution < -0.4 is 14.8 Å². The summed E-state index contributed by atoms with van der Waals surface area (Å²) in [6.45, 7) is 4.76. The number of ether oxygens (including phenoxy) is 2. The van der Waals surface area contributed by atoms with Gasteiger partial charge in [-0.15, -0.1) is 0 Å². The fourth-order valence-corrected chi connectivity index (χ4v) is 1.96. The molecular formula is C14H20N4O2. The third-order valence-corrected chi connectivity index (χ3v) is 2.97. The molecule has 1 heterocycles. The van der Waals surface area contributed by atoms with Gasteiger partial charge in [0.15, 0.2) is 11.5 Å². The van der Waals surface area contributed by atoms with Crippen LogP contribution in [0.4, 0.5) is 5.69 Å². The third-order valence-electron chi connectivity index (χ3n) is 2.97. The van der Waals surface area contributed by atoms with Crippen LogP contribution in [0.25, 0.3) is 0 Å². The summed E-state index contributed by atoms with van der Waals surface area (Å²) in [6, 6.07) is 6.00. The van der Waals surface area contributed by atoms with Crippen molar-refractivity contribution < 1.29 is 9.47 Å². The Bertz CT molecular complexity index is 566. The summed E-state index contributed by atoms with van der Waals surface area (Å²) in [6.07, 6.45) is 1.58. The molecule has 6 nitrogen and oxygen atoms in total. The monoisotopic (exact) mass is 276 g/mol. The molecule has 1 aromatic carbocycles. The van der Waals surface area contributed by atoms with Crippen LogP contribution in [0.2, 0.25) is 0 Å². The van der Waals surface area contributed by atoms with Crippen LogP contribution in [0.15, 0.2) is 24.5 Å². The average molecular weight is 276 g/mol. The summed E-state index contributed by atoms with van der Waals surface area (Å²) in [4.78, 5) is 4.26. The summed E-state index contributed by atoms with van der Waals surface area (Å²) in [5.41, 5.74) is 0.945. The fourth-order valence-electron chi connectivity index (χ4n) is 1.96. The van der Waals surface area contributed by atoms with E-state index in [9.17, 15) is 0 Å². The molecule has 0 radical (unpaired) electrons. The Kier molecular flexibility index (Phi) is 4.45.